The smallest absolute Gasteiger partial charge is 0.220 e. The zero-order valence-corrected chi connectivity index (χ0v) is 15.0. The summed E-state index contributed by atoms with van der Waals surface area (Å²) in [4.78, 5) is 26.1. The quantitative estimate of drug-likeness (QED) is 0.721. The summed E-state index contributed by atoms with van der Waals surface area (Å²) in [6.45, 7) is 10.2. The van der Waals surface area contributed by atoms with Gasteiger partial charge in [-0.05, 0) is 38.7 Å². The van der Waals surface area contributed by atoms with E-state index in [4.69, 9.17) is 0 Å². The Hall–Kier alpha value is -1.20. The van der Waals surface area contributed by atoms with Crippen molar-refractivity contribution < 1.29 is 14.7 Å². The number of Topliss-reactive ketones (excluding diaryl/α,β-unsaturated/α-hetero) is 1. The molecule has 0 aromatic carbocycles. The molecular weight excluding hydrogens is 298 g/mol. The Morgan fingerprint density at radius 3 is 2.45 bits per heavy atom. The van der Waals surface area contributed by atoms with Crippen LogP contribution >= 0.6 is 11.3 Å². The van der Waals surface area contributed by atoms with Crippen molar-refractivity contribution in [1.29, 1.82) is 0 Å². The molecule has 1 aromatic heterocycles. The van der Waals surface area contributed by atoms with Crippen LogP contribution in [0.25, 0.3) is 0 Å². The molecule has 1 rings (SSSR count). The Balaban J connectivity index is 2.40. The average Bonchev–Trinajstić information content (AvgIpc) is 2.71. The average molecular weight is 325 g/mol. The summed E-state index contributed by atoms with van der Waals surface area (Å²) in [5, 5.41) is 12.3. The van der Waals surface area contributed by atoms with E-state index in [2.05, 4.69) is 5.32 Å². The number of aliphatic hydroxyl groups is 1. The summed E-state index contributed by atoms with van der Waals surface area (Å²) < 4.78 is 0. The van der Waals surface area contributed by atoms with Gasteiger partial charge in [0.15, 0.2) is 5.78 Å². The second-order valence-corrected chi connectivity index (χ2v) is 8.20. The van der Waals surface area contributed by atoms with E-state index in [0.29, 0.717) is 13.0 Å². The number of aliphatic hydroxyl groups excluding tert-OH is 1. The molecule has 0 saturated heterocycles. The molecule has 22 heavy (non-hydrogen) atoms. The molecule has 0 fully saturated rings. The first kappa shape index (κ1) is 18.8. The number of hydrogen-bond acceptors (Lipinski definition) is 4. The van der Waals surface area contributed by atoms with Gasteiger partial charge < -0.3 is 10.4 Å². The van der Waals surface area contributed by atoms with Gasteiger partial charge in [-0.2, -0.15) is 0 Å². The van der Waals surface area contributed by atoms with E-state index < -0.39 is 6.10 Å². The number of nitrogens with one attached hydrogen (secondary N) is 1. The van der Waals surface area contributed by atoms with Crippen molar-refractivity contribution in [2.24, 2.45) is 5.41 Å². The highest BCUT2D eigenvalue weighted by molar-refractivity contribution is 7.12. The lowest BCUT2D eigenvalue weighted by Crippen LogP contribution is -2.35. The van der Waals surface area contributed by atoms with Crippen molar-refractivity contribution in [3.8, 4) is 0 Å². The van der Waals surface area contributed by atoms with Gasteiger partial charge in [0, 0.05) is 34.7 Å². The van der Waals surface area contributed by atoms with Crippen LogP contribution in [0.4, 0.5) is 0 Å². The maximum atomic E-state index is 12.1. The van der Waals surface area contributed by atoms with Crippen LogP contribution in [0.5, 0.6) is 0 Å². The fraction of sp³-hybridized carbons (Fsp3) is 0.647. The lowest BCUT2D eigenvalue weighted by molar-refractivity contribution is -0.121. The molecule has 1 atom stereocenters. The summed E-state index contributed by atoms with van der Waals surface area (Å²) in [6.07, 6.45) is 0.676. The highest BCUT2D eigenvalue weighted by Crippen LogP contribution is 2.23. The maximum Gasteiger partial charge on any atom is 0.220 e. The third-order valence-electron chi connectivity index (χ3n) is 3.53. The van der Waals surface area contributed by atoms with Crippen molar-refractivity contribution in [2.75, 3.05) is 6.54 Å². The van der Waals surface area contributed by atoms with E-state index in [0.717, 1.165) is 15.3 Å². The zero-order chi connectivity index (χ0) is 16.9. The highest BCUT2D eigenvalue weighted by atomic mass is 32.1. The van der Waals surface area contributed by atoms with Crippen LogP contribution < -0.4 is 5.32 Å². The molecule has 0 saturated carbocycles. The minimum atomic E-state index is -0.390. The predicted octanol–water partition coefficient (Wildman–Crippen LogP) is 3.24. The van der Waals surface area contributed by atoms with Crippen molar-refractivity contribution >= 4 is 23.0 Å². The van der Waals surface area contributed by atoms with Gasteiger partial charge in [0.2, 0.25) is 5.91 Å². The molecule has 1 aromatic rings. The predicted molar refractivity (Wildman–Crippen MR) is 90.4 cm³/mol. The van der Waals surface area contributed by atoms with Gasteiger partial charge in [-0.1, -0.05) is 13.8 Å². The van der Waals surface area contributed by atoms with Gasteiger partial charge >= 0.3 is 0 Å². The number of thiophene rings is 1. The molecular formula is C17H27NO3S. The second-order valence-electron chi connectivity index (χ2n) is 6.74. The molecule has 1 heterocycles. The maximum absolute atomic E-state index is 12.1. The molecule has 2 N–H and O–H groups in total. The van der Waals surface area contributed by atoms with Crippen LogP contribution in [-0.2, 0) is 4.79 Å². The second kappa shape index (κ2) is 7.88. The number of carbonyl (C=O) groups excluding carboxylic acids is 2. The fourth-order valence-electron chi connectivity index (χ4n) is 2.57. The van der Waals surface area contributed by atoms with Crippen LogP contribution in [0.15, 0.2) is 6.07 Å². The van der Waals surface area contributed by atoms with Gasteiger partial charge in [0.05, 0.1) is 6.10 Å². The van der Waals surface area contributed by atoms with E-state index in [1.165, 1.54) is 0 Å². The molecule has 0 aliphatic carbocycles. The van der Waals surface area contributed by atoms with Gasteiger partial charge in [0.25, 0.3) is 0 Å². The minimum absolute atomic E-state index is 0.0280. The normalized spacial score (nSPS) is 13.0. The highest BCUT2D eigenvalue weighted by Gasteiger charge is 2.21. The lowest BCUT2D eigenvalue weighted by atomic mass is 9.87. The van der Waals surface area contributed by atoms with Gasteiger partial charge in [0.1, 0.15) is 0 Å². The van der Waals surface area contributed by atoms with Crippen LogP contribution in [0.3, 0.4) is 0 Å². The first-order valence-corrected chi connectivity index (χ1v) is 8.47. The molecule has 0 bridgehead atoms. The van der Waals surface area contributed by atoms with Crippen LogP contribution in [0.1, 0.15) is 60.1 Å². The van der Waals surface area contributed by atoms with Crippen molar-refractivity contribution in [1.82, 2.24) is 5.32 Å². The van der Waals surface area contributed by atoms with E-state index >= 15 is 0 Å². The van der Waals surface area contributed by atoms with E-state index in [-0.39, 0.29) is 29.9 Å². The van der Waals surface area contributed by atoms with Crippen LogP contribution in [-0.4, -0.2) is 29.4 Å². The standard InChI is InChI=1S/C17H27NO3S/c1-11(19)9-17(4,5)10-18-16(21)7-6-15(20)14-8-12(2)22-13(14)3/h8,11,19H,6-7,9-10H2,1-5H3,(H,18,21). The molecule has 0 aliphatic heterocycles. The molecule has 0 radical (unpaired) electrons. The van der Waals surface area contributed by atoms with E-state index in [9.17, 15) is 14.7 Å². The van der Waals surface area contributed by atoms with Crippen molar-refractivity contribution in [3.05, 3.63) is 21.4 Å². The monoisotopic (exact) mass is 325 g/mol. The summed E-state index contributed by atoms with van der Waals surface area (Å²) in [7, 11) is 0. The fourth-order valence-corrected chi connectivity index (χ4v) is 3.51. The summed E-state index contributed by atoms with van der Waals surface area (Å²) in [5.41, 5.74) is 0.583. The molecule has 5 heteroatoms. The molecule has 0 aliphatic rings. The minimum Gasteiger partial charge on any atom is -0.393 e. The molecule has 124 valence electrons. The molecule has 0 spiro atoms. The summed E-state index contributed by atoms with van der Waals surface area (Å²) in [6, 6.07) is 1.89. The first-order valence-electron chi connectivity index (χ1n) is 7.66. The van der Waals surface area contributed by atoms with Gasteiger partial charge in [-0.25, -0.2) is 0 Å². The Morgan fingerprint density at radius 2 is 1.95 bits per heavy atom. The number of carbonyl (C=O) groups is 2. The van der Waals surface area contributed by atoms with Crippen LogP contribution in [0, 0.1) is 19.3 Å². The van der Waals surface area contributed by atoms with Crippen LogP contribution in [0.2, 0.25) is 0 Å². The first-order chi connectivity index (χ1) is 10.1. The third-order valence-corrected chi connectivity index (χ3v) is 4.50. The Labute approximate surface area is 136 Å². The Morgan fingerprint density at radius 1 is 1.32 bits per heavy atom. The number of aryl methyl sites for hydroxylation is 2. The summed E-state index contributed by atoms with van der Waals surface area (Å²) in [5.74, 6) is -0.0862. The summed E-state index contributed by atoms with van der Waals surface area (Å²) >= 11 is 1.61. The lowest BCUT2D eigenvalue weighted by Gasteiger charge is -2.26. The Kier molecular flexibility index (Phi) is 6.75. The molecule has 4 nitrogen and oxygen atoms in total. The van der Waals surface area contributed by atoms with Crippen molar-refractivity contribution in [2.45, 2.75) is 60.0 Å². The number of hydrogen-bond donors (Lipinski definition) is 2. The molecule has 1 unspecified atom stereocenters. The third kappa shape index (κ3) is 6.28. The van der Waals surface area contributed by atoms with Gasteiger partial charge in [-0.3, -0.25) is 9.59 Å². The number of rotatable bonds is 8. The largest absolute Gasteiger partial charge is 0.393 e. The van der Waals surface area contributed by atoms with Gasteiger partial charge in [-0.15, -0.1) is 11.3 Å². The van der Waals surface area contributed by atoms with Crippen molar-refractivity contribution in [3.63, 3.8) is 0 Å². The van der Waals surface area contributed by atoms with E-state index in [1.807, 2.05) is 33.8 Å². The topological polar surface area (TPSA) is 66.4 Å². The number of ketones is 1. The number of amides is 1. The molecule has 1 amide bonds. The SMILES string of the molecule is Cc1cc(C(=O)CCC(=O)NCC(C)(C)CC(C)O)c(C)s1. The zero-order valence-electron chi connectivity index (χ0n) is 14.2. The Bertz CT molecular complexity index is 532. The van der Waals surface area contributed by atoms with E-state index in [1.54, 1.807) is 18.3 Å².